The molecule has 20 heavy (non-hydrogen) atoms. The fourth-order valence-electron chi connectivity index (χ4n) is 3.65. The van der Waals surface area contributed by atoms with E-state index in [9.17, 15) is 0 Å². The molecule has 2 heterocycles. The van der Waals surface area contributed by atoms with E-state index < -0.39 is 0 Å². The molecule has 1 aromatic rings. The molecule has 0 spiro atoms. The van der Waals surface area contributed by atoms with Crippen molar-refractivity contribution in [1.29, 1.82) is 0 Å². The van der Waals surface area contributed by atoms with Gasteiger partial charge in [0.1, 0.15) is 0 Å². The molecule has 2 aliphatic rings. The Balaban J connectivity index is 1.88. The molecule has 1 aromatic carbocycles. The summed E-state index contributed by atoms with van der Waals surface area (Å²) in [7, 11) is 5.67. The van der Waals surface area contributed by atoms with Crippen LogP contribution in [0.15, 0.2) is 12.1 Å². The Morgan fingerprint density at radius 3 is 2.80 bits per heavy atom. The Morgan fingerprint density at radius 2 is 2.15 bits per heavy atom. The molecule has 0 bridgehead atoms. The lowest BCUT2D eigenvalue weighted by Crippen LogP contribution is -2.27. The van der Waals surface area contributed by atoms with Gasteiger partial charge in [-0.1, -0.05) is 0 Å². The number of ether oxygens (including phenoxy) is 2. The summed E-state index contributed by atoms with van der Waals surface area (Å²) < 4.78 is 11.1. The molecular weight excluding hydrogens is 252 g/mol. The van der Waals surface area contributed by atoms with Crippen molar-refractivity contribution in [2.24, 2.45) is 0 Å². The van der Waals surface area contributed by atoms with Crippen LogP contribution >= 0.6 is 0 Å². The maximum Gasteiger partial charge on any atom is 0.166 e. The third-order valence-electron chi connectivity index (χ3n) is 4.76. The molecule has 1 fully saturated rings. The predicted octanol–water partition coefficient (Wildman–Crippen LogP) is 2.70. The number of fused-ring (bicyclic) bond motifs is 1. The van der Waals surface area contributed by atoms with Crippen molar-refractivity contribution in [3.05, 3.63) is 17.7 Å². The second-order valence-electron chi connectivity index (χ2n) is 5.85. The smallest absolute Gasteiger partial charge is 0.166 e. The van der Waals surface area contributed by atoms with E-state index in [-0.39, 0.29) is 0 Å². The Hall–Kier alpha value is -1.42. The van der Waals surface area contributed by atoms with Gasteiger partial charge in [0.05, 0.1) is 14.2 Å². The van der Waals surface area contributed by atoms with Gasteiger partial charge in [0, 0.05) is 29.8 Å². The minimum Gasteiger partial charge on any atom is -0.493 e. The summed E-state index contributed by atoms with van der Waals surface area (Å²) in [5.41, 5.74) is 2.50. The van der Waals surface area contributed by atoms with E-state index >= 15 is 0 Å². The summed E-state index contributed by atoms with van der Waals surface area (Å²) in [5.74, 6) is 2.25. The standard InChI is InChI=1S/C16H24N2O2/c1-18-8-4-5-12(18)9-11-10-17-13-6-7-14(19-2)16(20-3)15(11)13/h6-7,11-12,17H,4-5,8-10H2,1-3H3/t11?,12-/m1/s1. The van der Waals surface area contributed by atoms with Crippen LogP contribution in [0.2, 0.25) is 0 Å². The highest BCUT2D eigenvalue weighted by Gasteiger charge is 2.32. The number of hydrogen-bond donors (Lipinski definition) is 1. The highest BCUT2D eigenvalue weighted by atomic mass is 16.5. The SMILES string of the molecule is COc1ccc2c(c1OC)C(C[C@H]1CCCN1C)CN2. The number of benzene rings is 1. The van der Waals surface area contributed by atoms with E-state index in [1.165, 1.54) is 37.1 Å². The Labute approximate surface area is 121 Å². The molecule has 4 heteroatoms. The van der Waals surface area contributed by atoms with Gasteiger partial charge in [-0.05, 0) is 45.0 Å². The van der Waals surface area contributed by atoms with E-state index in [2.05, 4.69) is 23.3 Å². The fourth-order valence-corrected chi connectivity index (χ4v) is 3.65. The van der Waals surface area contributed by atoms with Crippen LogP contribution in [-0.2, 0) is 0 Å². The van der Waals surface area contributed by atoms with E-state index in [0.29, 0.717) is 12.0 Å². The summed E-state index contributed by atoms with van der Waals surface area (Å²) in [6.07, 6.45) is 3.83. The van der Waals surface area contributed by atoms with E-state index in [1.807, 2.05) is 6.07 Å². The van der Waals surface area contributed by atoms with E-state index in [4.69, 9.17) is 9.47 Å². The third kappa shape index (κ3) is 2.22. The third-order valence-corrected chi connectivity index (χ3v) is 4.76. The van der Waals surface area contributed by atoms with Crippen molar-refractivity contribution in [3.8, 4) is 11.5 Å². The maximum absolute atomic E-state index is 5.62. The van der Waals surface area contributed by atoms with Gasteiger partial charge in [-0.3, -0.25) is 0 Å². The molecule has 1 saturated heterocycles. The van der Waals surface area contributed by atoms with Crippen molar-refractivity contribution in [2.45, 2.75) is 31.2 Å². The molecule has 2 atom stereocenters. The van der Waals surface area contributed by atoms with Crippen LogP contribution in [0.25, 0.3) is 0 Å². The summed E-state index contributed by atoms with van der Waals surface area (Å²) in [6.45, 7) is 2.23. The lowest BCUT2D eigenvalue weighted by Gasteiger charge is -2.24. The normalized spacial score (nSPS) is 25.4. The van der Waals surface area contributed by atoms with Crippen molar-refractivity contribution in [3.63, 3.8) is 0 Å². The zero-order chi connectivity index (χ0) is 14.1. The first-order valence-corrected chi connectivity index (χ1v) is 7.43. The largest absolute Gasteiger partial charge is 0.493 e. The quantitative estimate of drug-likeness (QED) is 0.917. The fraction of sp³-hybridized carbons (Fsp3) is 0.625. The molecule has 0 radical (unpaired) electrons. The molecular formula is C16H24N2O2. The van der Waals surface area contributed by atoms with Crippen molar-refractivity contribution >= 4 is 5.69 Å². The number of hydrogen-bond acceptors (Lipinski definition) is 4. The van der Waals surface area contributed by atoms with Gasteiger partial charge < -0.3 is 19.7 Å². The van der Waals surface area contributed by atoms with Crippen LogP contribution < -0.4 is 14.8 Å². The molecule has 4 nitrogen and oxygen atoms in total. The second-order valence-corrected chi connectivity index (χ2v) is 5.85. The van der Waals surface area contributed by atoms with Crippen molar-refractivity contribution in [2.75, 3.05) is 39.7 Å². The summed E-state index contributed by atoms with van der Waals surface area (Å²) in [6, 6.07) is 4.78. The lowest BCUT2D eigenvalue weighted by molar-refractivity contribution is 0.282. The highest BCUT2D eigenvalue weighted by Crippen LogP contribution is 2.46. The van der Waals surface area contributed by atoms with E-state index in [0.717, 1.165) is 18.0 Å². The van der Waals surface area contributed by atoms with E-state index in [1.54, 1.807) is 14.2 Å². The van der Waals surface area contributed by atoms with Gasteiger partial charge in [-0.25, -0.2) is 0 Å². The molecule has 0 aromatic heterocycles. The van der Waals surface area contributed by atoms with Crippen LogP contribution in [0.3, 0.4) is 0 Å². The number of likely N-dealkylation sites (tertiary alicyclic amines) is 1. The minimum atomic E-state index is 0.514. The first-order valence-electron chi connectivity index (χ1n) is 7.43. The Bertz CT molecular complexity index is 490. The molecule has 0 amide bonds. The zero-order valence-corrected chi connectivity index (χ0v) is 12.6. The molecule has 1 unspecified atom stereocenters. The summed E-state index contributed by atoms with van der Waals surface area (Å²) in [5, 5.41) is 3.51. The number of methoxy groups -OCH3 is 2. The molecule has 3 rings (SSSR count). The molecule has 0 saturated carbocycles. The average Bonchev–Trinajstić information content (AvgIpc) is 3.05. The molecule has 0 aliphatic carbocycles. The average molecular weight is 276 g/mol. The van der Waals surface area contributed by atoms with Gasteiger partial charge >= 0.3 is 0 Å². The monoisotopic (exact) mass is 276 g/mol. The van der Waals surface area contributed by atoms with Gasteiger partial charge in [-0.15, -0.1) is 0 Å². The summed E-state index contributed by atoms with van der Waals surface area (Å²) >= 11 is 0. The van der Waals surface area contributed by atoms with Gasteiger partial charge in [0.15, 0.2) is 11.5 Å². The maximum atomic E-state index is 5.62. The van der Waals surface area contributed by atoms with Crippen LogP contribution in [0, 0.1) is 0 Å². The van der Waals surface area contributed by atoms with Crippen LogP contribution in [-0.4, -0.2) is 45.3 Å². The predicted molar refractivity (Wildman–Crippen MR) is 81.0 cm³/mol. The number of nitrogens with zero attached hydrogens (tertiary/aromatic N) is 1. The lowest BCUT2D eigenvalue weighted by atomic mass is 9.92. The summed E-state index contributed by atoms with van der Waals surface area (Å²) in [4.78, 5) is 2.49. The van der Waals surface area contributed by atoms with Crippen molar-refractivity contribution < 1.29 is 9.47 Å². The van der Waals surface area contributed by atoms with Gasteiger partial charge in [0.2, 0.25) is 0 Å². The van der Waals surface area contributed by atoms with Crippen LogP contribution in [0.4, 0.5) is 5.69 Å². The molecule has 1 N–H and O–H groups in total. The second kappa shape index (κ2) is 5.52. The van der Waals surface area contributed by atoms with Gasteiger partial charge in [0.25, 0.3) is 0 Å². The number of rotatable bonds is 4. The van der Waals surface area contributed by atoms with Gasteiger partial charge in [-0.2, -0.15) is 0 Å². The Kier molecular flexibility index (Phi) is 3.74. The molecule has 2 aliphatic heterocycles. The first kappa shape index (κ1) is 13.6. The molecule has 110 valence electrons. The minimum absolute atomic E-state index is 0.514. The van der Waals surface area contributed by atoms with Crippen LogP contribution in [0.1, 0.15) is 30.7 Å². The number of anilines is 1. The highest BCUT2D eigenvalue weighted by molar-refractivity contribution is 5.67. The first-order chi connectivity index (χ1) is 9.74. The van der Waals surface area contributed by atoms with Crippen molar-refractivity contribution in [1.82, 2.24) is 4.90 Å². The van der Waals surface area contributed by atoms with Crippen LogP contribution in [0.5, 0.6) is 11.5 Å². The number of nitrogens with one attached hydrogen (secondary N) is 1. The Morgan fingerprint density at radius 1 is 1.30 bits per heavy atom. The zero-order valence-electron chi connectivity index (χ0n) is 12.6. The topological polar surface area (TPSA) is 33.7 Å².